The molecule has 94 valence electrons. The molecule has 1 rings (SSSR count). The second kappa shape index (κ2) is 5.62. The van der Waals surface area contributed by atoms with Gasteiger partial charge in [-0.1, -0.05) is 12.1 Å². The number of nitrogens with zero attached hydrogens (tertiary/aromatic N) is 2. The second-order valence-corrected chi connectivity index (χ2v) is 4.55. The van der Waals surface area contributed by atoms with Crippen molar-refractivity contribution in [1.82, 2.24) is 10.3 Å². The molecule has 1 aromatic rings. The fraction of sp³-hybridized carbons (Fsp3) is 0.500. The zero-order valence-electron chi connectivity index (χ0n) is 9.80. The number of amidine groups is 1. The van der Waals surface area contributed by atoms with Gasteiger partial charge >= 0.3 is 0 Å². The van der Waals surface area contributed by atoms with Crippen LogP contribution >= 0.6 is 11.3 Å². The summed E-state index contributed by atoms with van der Waals surface area (Å²) in [6, 6.07) is 0. The fourth-order valence-electron chi connectivity index (χ4n) is 1.26. The lowest BCUT2D eigenvalue weighted by atomic mass is 9.85. The summed E-state index contributed by atoms with van der Waals surface area (Å²) in [5.74, 6) is -0.362. The Morgan fingerprint density at radius 3 is 2.94 bits per heavy atom. The molecule has 1 heterocycles. The normalized spacial score (nSPS) is 15.3. The van der Waals surface area contributed by atoms with Crippen LogP contribution in [0.1, 0.15) is 26.0 Å². The summed E-state index contributed by atoms with van der Waals surface area (Å²) >= 11 is 1.46. The van der Waals surface area contributed by atoms with Crippen molar-refractivity contribution in [2.75, 3.05) is 0 Å². The number of carbonyl (C=O) groups excluding carboxylic acids is 1. The fourth-order valence-corrected chi connectivity index (χ4v) is 1.82. The molecule has 0 aliphatic carbocycles. The molecule has 0 aliphatic heterocycles. The van der Waals surface area contributed by atoms with Crippen LogP contribution in [0.2, 0.25) is 0 Å². The lowest BCUT2D eigenvalue weighted by Gasteiger charge is -2.24. The topological polar surface area (TPSA) is 101 Å². The number of carbonyl (C=O) groups is 1. The number of nitrogens with two attached hydrogens (primary N) is 1. The van der Waals surface area contributed by atoms with E-state index in [2.05, 4.69) is 15.5 Å². The lowest BCUT2D eigenvalue weighted by molar-refractivity contribution is -0.127. The van der Waals surface area contributed by atoms with Crippen LogP contribution < -0.4 is 11.1 Å². The van der Waals surface area contributed by atoms with Gasteiger partial charge in [-0.25, -0.2) is 4.98 Å². The molecule has 0 bridgehead atoms. The maximum atomic E-state index is 12.0. The minimum absolute atomic E-state index is 0.0872. The number of thiazole rings is 1. The molecule has 0 saturated heterocycles. The van der Waals surface area contributed by atoms with Crippen LogP contribution in [0.25, 0.3) is 0 Å². The van der Waals surface area contributed by atoms with Crippen LogP contribution in [-0.2, 0) is 11.3 Å². The quantitative estimate of drug-likeness (QED) is 0.315. The third kappa shape index (κ3) is 2.94. The number of rotatable bonds is 5. The van der Waals surface area contributed by atoms with E-state index in [1.807, 2.05) is 5.38 Å². The predicted molar refractivity (Wildman–Crippen MR) is 65.8 cm³/mol. The number of nitrogens with one attached hydrogen (secondary N) is 1. The van der Waals surface area contributed by atoms with Crippen molar-refractivity contribution < 1.29 is 10.0 Å². The number of aromatic nitrogens is 1. The van der Waals surface area contributed by atoms with E-state index < -0.39 is 5.41 Å². The highest BCUT2D eigenvalue weighted by molar-refractivity contribution is 7.07. The zero-order valence-corrected chi connectivity index (χ0v) is 10.6. The Kier molecular flexibility index (Phi) is 4.45. The van der Waals surface area contributed by atoms with Crippen molar-refractivity contribution in [3.05, 3.63) is 16.6 Å². The Morgan fingerprint density at radius 2 is 2.47 bits per heavy atom. The van der Waals surface area contributed by atoms with Crippen molar-refractivity contribution in [2.45, 2.75) is 26.8 Å². The van der Waals surface area contributed by atoms with Gasteiger partial charge in [-0.15, -0.1) is 11.3 Å². The average molecular weight is 256 g/mol. The maximum Gasteiger partial charge on any atom is 0.233 e. The summed E-state index contributed by atoms with van der Waals surface area (Å²) in [5.41, 5.74) is 7.03. The van der Waals surface area contributed by atoms with Crippen LogP contribution in [0.3, 0.4) is 0 Å². The molecule has 1 unspecified atom stereocenters. The number of hydrogen-bond donors (Lipinski definition) is 3. The molecule has 0 fully saturated rings. The van der Waals surface area contributed by atoms with Gasteiger partial charge in [0.15, 0.2) is 5.84 Å². The molecule has 7 heteroatoms. The van der Waals surface area contributed by atoms with Gasteiger partial charge in [0, 0.05) is 5.38 Å². The highest BCUT2D eigenvalue weighted by Gasteiger charge is 2.36. The molecule has 1 amide bonds. The number of amides is 1. The maximum absolute atomic E-state index is 12.0. The van der Waals surface area contributed by atoms with E-state index in [9.17, 15) is 4.79 Å². The number of oxime groups is 1. The largest absolute Gasteiger partial charge is 0.409 e. The Balaban J connectivity index is 2.67. The zero-order chi connectivity index (χ0) is 12.9. The Hall–Kier alpha value is -1.63. The molecule has 1 atom stereocenters. The number of hydrogen-bond acceptors (Lipinski definition) is 5. The van der Waals surface area contributed by atoms with E-state index in [0.29, 0.717) is 13.0 Å². The summed E-state index contributed by atoms with van der Waals surface area (Å²) in [5, 5.41) is 16.2. The third-order valence-electron chi connectivity index (χ3n) is 2.79. The third-order valence-corrected chi connectivity index (χ3v) is 3.43. The van der Waals surface area contributed by atoms with E-state index in [4.69, 9.17) is 10.9 Å². The highest BCUT2D eigenvalue weighted by atomic mass is 32.1. The summed E-state index contributed by atoms with van der Waals surface area (Å²) in [7, 11) is 0. The molecule has 17 heavy (non-hydrogen) atoms. The molecule has 0 radical (unpaired) electrons. The molecule has 6 nitrogen and oxygen atoms in total. The van der Waals surface area contributed by atoms with Crippen LogP contribution in [0.4, 0.5) is 0 Å². The summed E-state index contributed by atoms with van der Waals surface area (Å²) in [4.78, 5) is 16.0. The predicted octanol–water partition coefficient (Wildman–Crippen LogP) is 0.922. The van der Waals surface area contributed by atoms with Gasteiger partial charge in [-0.05, 0) is 13.3 Å². The van der Waals surface area contributed by atoms with E-state index in [1.54, 1.807) is 19.4 Å². The van der Waals surface area contributed by atoms with Crippen molar-refractivity contribution in [2.24, 2.45) is 16.3 Å². The van der Waals surface area contributed by atoms with Gasteiger partial charge in [0.2, 0.25) is 5.91 Å². The van der Waals surface area contributed by atoms with E-state index >= 15 is 0 Å². The Bertz CT molecular complexity index is 404. The molecule has 0 aliphatic rings. The molecular weight excluding hydrogens is 240 g/mol. The first-order valence-corrected chi connectivity index (χ1v) is 6.12. The van der Waals surface area contributed by atoms with Crippen molar-refractivity contribution in [1.29, 1.82) is 0 Å². The van der Waals surface area contributed by atoms with Gasteiger partial charge in [0.05, 0.1) is 17.7 Å². The molecule has 0 aromatic carbocycles. The Morgan fingerprint density at radius 1 is 1.76 bits per heavy atom. The van der Waals surface area contributed by atoms with Crippen LogP contribution in [0.15, 0.2) is 16.0 Å². The first-order valence-electron chi connectivity index (χ1n) is 5.18. The molecule has 1 aromatic heterocycles. The van der Waals surface area contributed by atoms with Crippen molar-refractivity contribution >= 4 is 23.1 Å². The van der Waals surface area contributed by atoms with Gasteiger partial charge in [0.25, 0.3) is 0 Å². The second-order valence-electron chi connectivity index (χ2n) is 3.83. The summed E-state index contributed by atoms with van der Waals surface area (Å²) in [6.07, 6.45) is 0.450. The van der Waals surface area contributed by atoms with E-state index in [1.165, 1.54) is 11.3 Å². The van der Waals surface area contributed by atoms with Crippen molar-refractivity contribution in [3.8, 4) is 0 Å². The van der Waals surface area contributed by atoms with Gasteiger partial charge in [0.1, 0.15) is 5.41 Å². The minimum Gasteiger partial charge on any atom is -0.409 e. The van der Waals surface area contributed by atoms with Gasteiger partial charge < -0.3 is 16.3 Å². The first kappa shape index (κ1) is 13.4. The van der Waals surface area contributed by atoms with Crippen LogP contribution in [0, 0.1) is 5.41 Å². The lowest BCUT2D eigenvalue weighted by Crippen LogP contribution is -2.47. The van der Waals surface area contributed by atoms with Crippen LogP contribution in [-0.4, -0.2) is 21.9 Å². The van der Waals surface area contributed by atoms with E-state index in [-0.39, 0.29) is 11.7 Å². The smallest absolute Gasteiger partial charge is 0.233 e. The molecular formula is C10H16N4O2S. The summed E-state index contributed by atoms with van der Waals surface area (Å²) < 4.78 is 0. The van der Waals surface area contributed by atoms with Gasteiger partial charge in [-0.3, -0.25) is 4.79 Å². The molecule has 0 spiro atoms. The SMILES string of the molecule is CCC(C)(C(=O)NCc1cscn1)C(N)=NO. The molecule has 0 saturated carbocycles. The Labute approximate surface area is 104 Å². The minimum atomic E-state index is -0.995. The van der Waals surface area contributed by atoms with Crippen molar-refractivity contribution in [3.63, 3.8) is 0 Å². The first-order chi connectivity index (χ1) is 8.04. The van der Waals surface area contributed by atoms with Gasteiger partial charge in [-0.2, -0.15) is 0 Å². The standard InChI is InChI=1S/C10H16N4O2S/c1-3-10(2,8(11)14-16)9(15)12-4-7-5-17-6-13-7/h5-6,16H,3-4H2,1-2H3,(H2,11,14)(H,12,15). The van der Waals surface area contributed by atoms with E-state index in [0.717, 1.165) is 5.69 Å². The highest BCUT2D eigenvalue weighted by Crippen LogP contribution is 2.21. The average Bonchev–Trinajstić information content (AvgIpc) is 2.86. The van der Waals surface area contributed by atoms with Crippen LogP contribution in [0.5, 0.6) is 0 Å². The summed E-state index contributed by atoms with van der Waals surface area (Å²) in [6.45, 7) is 3.79. The monoisotopic (exact) mass is 256 g/mol. The molecule has 4 N–H and O–H groups in total.